The van der Waals surface area contributed by atoms with Crippen molar-refractivity contribution < 1.29 is 64.3 Å². The van der Waals surface area contributed by atoms with E-state index >= 15 is 0 Å². The van der Waals surface area contributed by atoms with Gasteiger partial charge >= 0.3 is 58.4 Å². The Morgan fingerprint density at radius 3 is 1.30 bits per heavy atom. The van der Waals surface area contributed by atoms with E-state index in [-0.39, 0.29) is 51.4 Å². The Balaban J connectivity index is 0. The number of allylic oxidation sites excluding steroid dienone is 2. The molecule has 0 heterocycles. The van der Waals surface area contributed by atoms with Gasteiger partial charge in [-0.05, 0) is 13.8 Å². The Kier molecular flexibility index (Phi) is 6.87. The van der Waals surface area contributed by atoms with Crippen LogP contribution in [0.4, 0.5) is 12.9 Å². The normalized spacial score (nSPS) is 10.2. The van der Waals surface area contributed by atoms with E-state index in [0.717, 1.165) is 6.92 Å². The van der Waals surface area contributed by atoms with E-state index in [1.54, 1.807) is 0 Å². The fraction of sp³-hybridized carbons (Fsp3) is 0.600. The molecule has 0 saturated heterocycles. The number of hydrogen-bond acceptors (Lipinski definition) is 0. The van der Waals surface area contributed by atoms with Crippen LogP contribution in [0.15, 0.2) is 11.0 Å². The molecule has 0 atom stereocenters. The number of rotatable bonds is 1. The maximum atomic E-state index is 11.7. The van der Waals surface area contributed by atoms with Crippen LogP contribution in [-0.2, 0) is 0 Å². The predicted molar refractivity (Wildman–Crippen MR) is 33.1 cm³/mol. The minimum Gasteiger partial charge on any atom is -0.445 e. The number of halogens is 3. The smallest absolute Gasteiger partial charge is 0.445 e. The van der Waals surface area contributed by atoms with Crippen LogP contribution >= 0.6 is 0 Å². The first-order valence-electron chi connectivity index (χ1n) is 2.69. The average molecular weight is 176 g/mol. The monoisotopic (exact) mass is 176 g/mol. The Labute approximate surface area is 102 Å². The van der Waals surface area contributed by atoms with Gasteiger partial charge in [-0.15, -0.1) is 11.0 Å². The molecule has 0 aromatic heterocycles. The van der Waals surface area contributed by atoms with E-state index in [1.165, 1.54) is 13.8 Å². The second kappa shape index (κ2) is 4.98. The largest absolute Gasteiger partial charge is 1.00 e. The third-order valence-electron chi connectivity index (χ3n) is 1.28. The summed E-state index contributed by atoms with van der Waals surface area (Å²) in [7, 11) is 0. The van der Waals surface area contributed by atoms with Crippen molar-refractivity contribution in [3.05, 3.63) is 11.0 Å². The first-order chi connectivity index (χ1) is 3.85. The molecular weight excluding hydrogens is 167 g/mol. The van der Waals surface area contributed by atoms with Gasteiger partial charge in [0.15, 0.2) is 0 Å². The minimum atomic E-state index is -4.73. The minimum absolute atomic E-state index is 0. The Bertz CT molecular complexity index is 134. The van der Waals surface area contributed by atoms with Gasteiger partial charge in [0, 0.05) is 0 Å². The molecule has 0 amide bonds. The topological polar surface area (TPSA) is 0 Å². The maximum Gasteiger partial charge on any atom is 1.00 e. The van der Waals surface area contributed by atoms with E-state index in [0.29, 0.717) is 5.57 Å². The molecular formula is C5H9BF3K. The van der Waals surface area contributed by atoms with Gasteiger partial charge in [-0.3, -0.25) is 0 Å². The van der Waals surface area contributed by atoms with Crippen LogP contribution in [0.25, 0.3) is 0 Å². The zero-order valence-electron chi connectivity index (χ0n) is 6.71. The van der Waals surface area contributed by atoms with Crippen molar-refractivity contribution in [1.82, 2.24) is 0 Å². The van der Waals surface area contributed by atoms with Gasteiger partial charge in [0.25, 0.3) is 0 Å². The van der Waals surface area contributed by atoms with E-state index in [9.17, 15) is 12.9 Å². The zero-order valence-corrected chi connectivity index (χ0v) is 9.83. The molecule has 0 aliphatic carbocycles. The Morgan fingerprint density at radius 2 is 1.30 bits per heavy atom. The van der Waals surface area contributed by atoms with Crippen molar-refractivity contribution in [2.75, 3.05) is 0 Å². The molecule has 0 aromatic rings. The summed E-state index contributed by atoms with van der Waals surface area (Å²) in [4.78, 5) is 0. The molecule has 0 bridgehead atoms. The fourth-order valence-corrected chi connectivity index (χ4v) is 0.327. The summed E-state index contributed by atoms with van der Waals surface area (Å²) in [5.41, 5.74) is -0.0856. The van der Waals surface area contributed by atoms with Gasteiger partial charge in [-0.25, -0.2) is 0 Å². The van der Waals surface area contributed by atoms with Gasteiger partial charge in [0.05, 0.1) is 0 Å². The van der Waals surface area contributed by atoms with Crippen molar-refractivity contribution >= 4 is 6.98 Å². The van der Waals surface area contributed by atoms with Crippen molar-refractivity contribution in [1.29, 1.82) is 0 Å². The molecule has 0 nitrogen and oxygen atoms in total. The van der Waals surface area contributed by atoms with Crippen LogP contribution in [0, 0.1) is 0 Å². The predicted octanol–water partition coefficient (Wildman–Crippen LogP) is -0.267. The van der Waals surface area contributed by atoms with Crippen LogP contribution in [0.5, 0.6) is 0 Å². The first-order valence-corrected chi connectivity index (χ1v) is 2.69. The van der Waals surface area contributed by atoms with Crippen molar-refractivity contribution in [2.45, 2.75) is 20.8 Å². The van der Waals surface area contributed by atoms with Crippen LogP contribution < -0.4 is 51.4 Å². The van der Waals surface area contributed by atoms with Gasteiger partial charge in [0.1, 0.15) is 0 Å². The Morgan fingerprint density at radius 1 is 1.00 bits per heavy atom. The molecule has 0 unspecified atom stereocenters. The SMILES string of the molecule is CC(C)=C(C)[B-](F)(F)F.[K+]. The van der Waals surface area contributed by atoms with Crippen LogP contribution in [0.1, 0.15) is 20.8 Å². The summed E-state index contributed by atoms with van der Waals surface area (Å²) in [5, 5.41) is 0. The average Bonchev–Trinajstić information content (AvgIpc) is 1.62. The van der Waals surface area contributed by atoms with Crippen LogP contribution in [0.2, 0.25) is 0 Å². The summed E-state index contributed by atoms with van der Waals surface area (Å²) in [6.07, 6.45) is 0. The van der Waals surface area contributed by atoms with Gasteiger partial charge in [-0.2, -0.15) is 0 Å². The first kappa shape index (κ1) is 13.8. The summed E-state index contributed by atoms with van der Waals surface area (Å²) in [6, 6.07) is 0. The van der Waals surface area contributed by atoms with Gasteiger partial charge in [0.2, 0.25) is 0 Å². The molecule has 10 heavy (non-hydrogen) atoms. The summed E-state index contributed by atoms with van der Waals surface area (Å²) >= 11 is 0. The van der Waals surface area contributed by atoms with Crippen molar-refractivity contribution in [3.8, 4) is 0 Å². The molecule has 54 valence electrons. The molecule has 0 spiro atoms. The maximum absolute atomic E-state index is 11.7. The quantitative estimate of drug-likeness (QED) is 0.482. The molecule has 0 fully saturated rings. The molecule has 0 radical (unpaired) electrons. The molecule has 0 aliphatic heterocycles. The second-order valence-electron chi connectivity index (χ2n) is 2.26. The molecule has 0 aromatic carbocycles. The van der Waals surface area contributed by atoms with Gasteiger partial charge in [-0.1, -0.05) is 6.92 Å². The molecule has 0 saturated carbocycles. The molecule has 5 heteroatoms. The van der Waals surface area contributed by atoms with Crippen molar-refractivity contribution in [2.24, 2.45) is 0 Å². The zero-order chi connectivity index (χ0) is 7.65. The molecule has 0 aliphatic rings. The molecule has 0 rings (SSSR count). The van der Waals surface area contributed by atoms with E-state index in [1.807, 2.05) is 0 Å². The Hall–Kier alpha value is 1.23. The standard InChI is InChI=1S/C5H9BF3.K/c1-4(2)5(3)6(7,8)9;/h1-3H3;/q-1;+1. The third-order valence-corrected chi connectivity index (χ3v) is 1.28. The second-order valence-corrected chi connectivity index (χ2v) is 2.26. The summed E-state index contributed by atoms with van der Waals surface area (Å²) in [5.74, 6) is 0. The summed E-state index contributed by atoms with van der Waals surface area (Å²) in [6.45, 7) is -0.695. The van der Waals surface area contributed by atoms with Gasteiger partial charge < -0.3 is 12.9 Å². The fourth-order valence-electron chi connectivity index (χ4n) is 0.327. The molecule has 0 N–H and O–H groups in total. The van der Waals surface area contributed by atoms with E-state index in [4.69, 9.17) is 0 Å². The van der Waals surface area contributed by atoms with Crippen molar-refractivity contribution in [3.63, 3.8) is 0 Å². The van der Waals surface area contributed by atoms with Crippen LogP contribution in [-0.4, -0.2) is 6.98 Å². The van der Waals surface area contributed by atoms with Crippen LogP contribution in [0.3, 0.4) is 0 Å². The third kappa shape index (κ3) is 4.96. The van der Waals surface area contributed by atoms with E-state index in [2.05, 4.69) is 0 Å². The number of hydrogen-bond donors (Lipinski definition) is 0. The summed E-state index contributed by atoms with van der Waals surface area (Å²) < 4.78 is 35.1. The van der Waals surface area contributed by atoms with E-state index < -0.39 is 12.4 Å².